The van der Waals surface area contributed by atoms with Crippen molar-refractivity contribution < 1.29 is 27.2 Å². The summed E-state index contributed by atoms with van der Waals surface area (Å²) in [5.74, 6) is -1.55. The van der Waals surface area contributed by atoms with E-state index in [4.69, 9.17) is 9.05 Å². The Labute approximate surface area is 135 Å². The van der Waals surface area contributed by atoms with Crippen molar-refractivity contribution in [2.24, 2.45) is 0 Å². The second kappa shape index (κ2) is 9.26. The predicted octanol–water partition coefficient (Wildman–Crippen LogP) is 5.29. The fourth-order valence-electron chi connectivity index (χ4n) is 1.75. The second-order valence-electron chi connectivity index (χ2n) is 5.11. The Balaban J connectivity index is 3.01. The van der Waals surface area contributed by atoms with E-state index >= 15 is 0 Å². The second-order valence-corrected chi connectivity index (χ2v) is 7.18. The van der Waals surface area contributed by atoms with E-state index in [1.54, 1.807) is 6.07 Å². The standard InChI is InChI=1S/C16H23F2O4P/c1-3-5-12-21-23(20,22-13-6-4-2)16(17,18)15(19)14-10-8-7-9-11-14/h7-11H,3-6,12-13H2,1-2H3. The van der Waals surface area contributed by atoms with E-state index in [1.165, 1.54) is 24.3 Å². The maximum atomic E-state index is 14.5. The molecule has 1 aromatic rings. The van der Waals surface area contributed by atoms with Crippen LogP contribution in [0.4, 0.5) is 8.78 Å². The molecule has 0 amide bonds. The molecule has 7 heteroatoms. The first-order chi connectivity index (χ1) is 10.9. The highest BCUT2D eigenvalue weighted by Gasteiger charge is 2.59. The van der Waals surface area contributed by atoms with Crippen LogP contribution in [0.5, 0.6) is 0 Å². The topological polar surface area (TPSA) is 52.6 Å². The molecule has 0 heterocycles. The Hall–Kier alpha value is -1.10. The molecule has 4 nitrogen and oxygen atoms in total. The lowest BCUT2D eigenvalue weighted by Crippen LogP contribution is -2.31. The fourth-order valence-corrected chi connectivity index (χ4v) is 3.26. The Kier molecular flexibility index (Phi) is 8.03. The Morgan fingerprint density at radius 3 is 1.96 bits per heavy atom. The van der Waals surface area contributed by atoms with Gasteiger partial charge in [-0.25, -0.2) is 0 Å². The molecule has 0 spiro atoms. The maximum Gasteiger partial charge on any atom is 0.408 e. The third-order valence-corrected chi connectivity index (χ3v) is 5.11. The number of ketones is 1. The van der Waals surface area contributed by atoms with E-state index in [-0.39, 0.29) is 18.8 Å². The van der Waals surface area contributed by atoms with E-state index in [9.17, 15) is 18.1 Å². The zero-order valence-corrected chi connectivity index (χ0v) is 14.4. The highest BCUT2D eigenvalue weighted by atomic mass is 31.2. The summed E-state index contributed by atoms with van der Waals surface area (Å²) in [6.07, 6.45) is 2.29. The zero-order valence-electron chi connectivity index (χ0n) is 13.5. The van der Waals surface area contributed by atoms with Crippen LogP contribution in [0.3, 0.4) is 0 Å². The lowest BCUT2D eigenvalue weighted by molar-refractivity contribution is 0.0306. The van der Waals surface area contributed by atoms with Gasteiger partial charge in [-0.05, 0) is 12.8 Å². The van der Waals surface area contributed by atoms with Crippen LogP contribution in [0.2, 0.25) is 0 Å². The summed E-state index contributed by atoms with van der Waals surface area (Å²) in [7, 11) is -4.89. The van der Waals surface area contributed by atoms with Crippen LogP contribution in [0.1, 0.15) is 49.9 Å². The molecular formula is C16H23F2O4P. The molecule has 0 saturated carbocycles. The van der Waals surface area contributed by atoms with Gasteiger partial charge in [-0.1, -0.05) is 57.0 Å². The maximum absolute atomic E-state index is 14.5. The normalized spacial score (nSPS) is 12.3. The highest BCUT2D eigenvalue weighted by molar-refractivity contribution is 7.56. The lowest BCUT2D eigenvalue weighted by Gasteiger charge is -2.25. The zero-order chi connectivity index (χ0) is 17.3. The molecule has 0 bridgehead atoms. The number of hydrogen-bond acceptors (Lipinski definition) is 4. The predicted molar refractivity (Wildman–Crippen MR) is 85.0 cm³/mol. The molecule has 1 rings (SSSR count). The van der Waals surface area contributed by atoms with Gasteiger partial charge in [-0.2, -0.15) is 8.78 Å². The van der Waals surface area contributed by atoms with Crippen LogP contribution < -0.4 is 0 Å². The summed E-state index contributed by atoms with van der Waals surface area (Å²) in [6, 6.07) is 7.02. The summed E-state index contributed by atoms with van der Waals surface area (Å²) in [5, 5.41) is 0. The van der Waals surface area contributed by atoms with Gasteiger partial charge in [0.25, 0.3) is 0 Å². The molecule has 0 aromatic heterocycles. The number of carbonyl (C=O) groups is 1. The summed E-state index contributed by atoms with van der Waals surface area (Å²) >= 11 is 0. The van der Waals surface area contributed by atoms with Crippen molar-refractivity contribution in [2.45, 2.75) is 45.2 Å². The molecule has 0 radical (unpaired) electrons. The van der Waals surface area contributed by atoms with Crippen LogP contribution in [0.25, 0.3) is 0 Å². The number of Topliss-reactive ketones (excluding diaryl/α,β-unsaturated/α-hetero) is 1. The van der Waals surface area contributed by atoms with Crippen LogP contribution in [0, 0.1) is 0 Å². The van der Waals surface area contributed by atoms with Gasteiger partial charge in [0, 0.05) is 5.56 Å². The first-order valence-electron chi connectivity index (χ1n) is 7.76. The number of halogens is 2. The van der Waals surface area contributed by atoms with Crippen molar-refractivity contribution in [1.82, 2.24) is 0 Å². The molecule has 23 heavy (non-hydrogen) atoms. The first-order valence-corrected chi connectivity index (χ1v) is 9.30. The smallest absolute Gasteiger partial charge is 0.304 e. The third kappa shape index (κ3) is 5.20. The average Bonchev–Trinajstić information content (AvgIpc) is 2.55. The van der Waals surface area contributed by atoms with E-state index in [1.807, 2.05) is 13.8 Å². The van der Waals surface area contributed by atoms with Gasteiger partial charge in [-0.15, -0.1) is 0 Å². The molecule has 0 N–H and O–H groups in total. The van der Waals surface area contributed by atoms with Crippen LogP contribution in [0.15, 0.2) is 30.3 Å². The van der Waals surface area contributed by atoms with E-state index in [2.05, 4.69) is 0 Å². The number of unbranched alkanes of at least 4 members (excludes halogenated alkanes) is 2. The number of alkyl halides is 2. The van der Waals surface area contributed by atoms with Crippen molar-refractivity contribution in [2.75, 3.05) is 13.2 Å². The van der Waals surface area contributed by atoms with Crippen LogP contribution >= 0.6 is 7.60 Å². The molecule has 0 fully saturated rings. The number of carbonyl (C=O) groups excluding carboxylic acids is 1. The monoisotopic (exact) mass is 348 g/mol. The quantitative estimate of drug-likeness (QED) is 0.310. The molecule has 0 atom stereocenters. The summed E-state index contributed by atoms with van der Waals surface area (Å²) in [6.45, 7) is 3.41. The molecular weight excluding hydrogens is 325 g/mol. The molecule has 0 unspecified atom stereocenters. The van der Waals surface area contributed by atoms with Crippen molar-refractivity contribution >= 4 is 13.4 Å². The van der Waals surface area contributed by atoms with Gasteiger partial charge in [0.1, 0.15) is 0 Å². The minimum Gasteiger partial charge on any atom is -0.304 e. The summed E-state index contributed by atoms with van der Waals surface area (Å²) in [4.78, 5) is 12.1. The average molecular weight is 348 g/mol. The molecule has 1 aromatic carbocycles. The summed E-state index contributed by atoms with van der Waals surface area (Å²) in [5.41, 5.74) is -4.44. The van der Waals surface area contributed by atoms with E-state index < -0.39 is 19.0 Å². The molecule has 0 aliphatic carbocycles. The van der Waals surface area contributed by atoms with Gasteiger partial charge in [0.15, 0.2) is 0 Å². The van der Waals surface area contributed by atoms with Crippen molar-refractivity contribution in [3.63, 3.8) is 0 Å². The SMILES string of the molecule is CCCCOP(=O)(OCCCC)C(F)(F)C(=O)c1ccccc1. The van der Waals surface area contributed by atoms with Gasteiger partial charge < -0.3 is 9.05 Å². The fraction of sp³-hybridized carbons (Fsp3) is 0.562. The van der Waals surface area contributed by atoms with E-state index in [0.717, 1.165) is 0 Å². The molecule has 0 aliphatic heterocycles. The minimum atomic E-state index is -4.89. The Morgan fingerprint density at radius 2 is 1.52 bits per heavy atom. The number of rotatable bonds is 11. The van der Waals surface area contributed by atoms with Gasteiger partial charge >= 0.3 is 13.3 Å². The van der Waals surface area contributed by atoms with Gasteiger partial charge in [-0.3, -0.25) is 9.36 Å². The van der Waals surface area contributed by atoms with Gasteiger partial charge in [0.05, 0.1) is 13.2 Å². The molecule has 0 aliphatic rings. The van der Waals surface area contributed by atoms with Crippen LogP contribution in [-0.4, -0.2) is 24.7 Å². The van der Waals surface area contributed by atoms with Crippen molar-refractivity contribution in [1.29, 1.82) is 0 Å². The minimum absolute atomic E-state index is 0.141. The first kappa shape index (κ1) is 19.9. The van der Waals surface area contributed by atoms with E-state index in [0.29, 0.717) is 25.7 Å². The largest absolute Gasteiger partial charge is 0.408 e. The highest BCUT2D eigenvalue weighted by Crippen LogP contribution is 2.63. The third-order valence-electron chi connectivity index (χ3n) is 3.17. The van der Waals surface area contributed by atoms with Crippen LogP contribution in [-0.2, 0) is 13.6 Å². The van der Waals surface area contributed by atoms with Crippen molar-refractivity contribution in [3.05, 3.63) is 35.9 Å². The molecule has 0 saturated heterocycles. The number of hydrogen-bond donors (Lipinski definition) is 0. The number of benzene rings is 1. The molecule has 130 valence electrons. The Bertz CT molecular complexity index is 520. The van der Waals surface area contributed by atoms with Gasteiger partial charge in [0.2, 0.25) is 5.78 Å². The Morgan fingerprint density at radius 1 is 1.04 bits per heavy atom. The summed E-state index contributed by atoms with van der Waals surface area (Å²) < 4.78 is 51.4. The lowest BCUT2D eigenvalue weighted by atomic mass is 10.1. The van der Waals surface area contributed by atoms with Crippen molar-refractivity contribution in [3.8, 4) is 0 Å².